The maximum atomic E-state index is 12.8. The van der Waals surface area contributed by atoms with E-state index in [0.717, 1.165) is 42.5 Å². The van der Waals surface area contributed by atoms with Crippen molar-refractivity contribution in [2.24, 2.45) is 0 Å². The van der Waals surface area contributed by atoms with Gasteiger partial charge in [-0.05, 0) is 31.4 Å². The molecule has 2 N–H and O–H groups in total. The van der Waals surface area contributed by atoms with E-state index in [4.69, 9.17) is 0 Å². The number of aromatic nitrogens is 2. The molecule has 1 aliphatic rings. The molecule has 1 fully saturated rings. The van der Waals surface area contributed by atoms with Gasteiger partial charge in [-0.25, -0.2) is 4.79 Å². The molecule has 2 aromatic carbocycles. The largest absolute Gasteiger partial charge is 0.324 e. The van der Waals surface area contributed by atoms with E-state index in [2.05, 4.69) is 46.7 Å². The molecule has 4 rings (SSSR count). The van der Waals surface area contributed by atoms with E-state index in [-0.39, 0.29) is 6.03 Å². The molecule has 0 spiro atoms. The average Bonchev–Trinajstić information content (AvgIpc) is 3.12. The zero-order valence-corrected chi connectivity index (χ0v) is 14.3. The number of piperidine rings is 1. The Kier molecular flexibility index (Phi) is 4.14. The molecule has 25 heavy (non-hydrogen) atoms. The highest BCUT2D eigenvalue weighted by atomic mass is 16.2. The Labute approximate surface area is 147 Å². The van der Waals surface area contributed by atoms with Crippen molar-refractivity contribution in [3.05, 3.63) is 59.8 Å². The number of hydrogen-bond donors (Lipinski definition) is 2. The van der Waals surface area contributed by atoms with Crippen LogP contribution in [0, 0.1) is 6.92 Å². The second-order valence-corrected chi connectivity index (χ2v) is 6.77. The summed E-state index contributed by atoms with van der Waals surface area (Å²) in [5.41, 5.74) is 4.24. The molecule has 2 heterocycles. The number of aryl methyl sites for hydroxylation is 1. The smallest absolute Gasteiger partial charge is 0.321 e. The van der Waals surface area contributed by atoms with Crippen LogP contribution in [-0.2, 0) is 0 Å². The quantitative estimate of drug-likeness (QED) is 0.735. The molecule has 0 bridgehead atoms. The van der Waals surface area contributed by atoms with Gasteiger partial charge in [0.1, 0.15) is 0 Å². The molecule has 128 valence electrons. The monoisotopic (exact) mass is 334 g/mol. The Balaban J connectivity index is 1.49. The number of H-pyrrole nitrogens is 1. The van der Waals surface area contributed by atoms with Gasteiger partial charge >= 0.3 is 6.03 Å². The van der Waals surface area contributed by atoms with Gasteiger partial charge in [0.2, 0.25) is 0 Å². The van der Waals surface area contributed by atoms with E-state index in [9.17, 15) is 4.79 Å². The molecule has 1 atom stereocenters. The van der Waals surface area contributed by atoms with Gasteiger partial charge in [0.25, 0.3) is 0 Å². The van der Waals surface area contributed by atoms with Crippen LogP contribution in [0.4, 0.5) is 10.5 Å². The second-order valence-electron chi connectivity index (χ2n) is 6.77. The number of aromatic amines is 1. The molecule has 2 amide bonds. The summed E-state index contributed by atoms with van der Waals surface area (Å²) in [5.74, 6) is 0.405. The normalized spacial score (nSPS) is 17.6. The van der Waals surface area contributed by atoms with Gasteiger partial charge in [-0.3, -0.25) is 5.10 Å². The van der Waals surface area contributed by atoms with Crippen LogP contribution in [0.2, 0.25) is 0 Å². The number of amides is 2. The van der Waals surface area contributed by atoms with Crippen LogP contribution in [0.25, 0.3) is 10.9 Å². The van der Waals surface area contributed by atoms with Gasteiger partial charge in [0.15, 0.2) is 0 Å². The highest BCUT2D eigenvalue weighted by Crippen LogP contribution is 2.28. The van der Waals surface area contributed by atoms with Crippen molar-refractivity contribution in [3.8, 4) is 0 Å². The summed E-state index contributed by atoms with van der Waals surface area (Å²) in [5, 5.41) is 11.0. The lowest BCUT2D eigenvalue weighted by Crippen LogP contribution is -2.41. The number of rotatable bonds is 2. The molecule has 1 aliphatic heterocycles. The summed E-state index contributed by atoms with van der Waals surface area (Å²) in [6.07, 6.45) is 3.92. The fourth-order valence-corrected chi connectivity index (χ4v) is 3.63. The first-order valence-corrected chi connectivity index (χ1v) is 8.75. The number of urea groups is 1. The topological polar surface area (TPSA) is 61.0 Å². The van der Waals surface area contributed by atoms with Gasteiger partial charge < -0.3 is 10.2 Å². The average molecular weight is 334 g/mol. The lowest BCUT2D eigenvalue weighted by atomic mass is 9.90. The maximum absolute atomic E-state index is 12.8. The number of para-hydroxylation sites is 1. The lowest BCUT2D eigenvalue weighted by molar-refractivity contribution is 0.193. The summed E-state index contributed by atoms with van der Waals surface area (Å²) in [7, 11) is 0. The molecular weight excluding hydrogens is 312 g/mol. The van der Waals surface area contributed by atoms with Crippen LogP contribution in [0.1, 0.15) is 29.9 Å². The molecular formula is C20H22N4O. The first-order chi connectivity index (χ1) is 12.2. The standard InChI is InChI=1S/C20H22N4O/c1-14-5-2-6-15(11-14)17-8-4-10-24(13-17)20(25)22-18-9-3-7-16-12-21-23-19(16)18/h2-3,5-7,9,11-12,17H,4,8,10,13H2,1H3,(H,21,23)(H,22,25)/t17-/m1/s1. The molecule has 0 saturated carbocycles. The molecule has 5 heteroatoms. The zero-order valence-electron chi connectivity index (χ0n) is 14.3. The third-order valence-electron chi connectivity index (χ3n) is 4.94. The minimum Gasteiger partial charge on any atom is -0.324 e. The Morgan fingerprint density at radius 2 is 2.16 bits per heavy atom. The van der Waals surface area contributed by atoms with E-state index in [1.807, 2.05) is 23.1 Å². The van der Waals surface area contributed by atoms with E-state index in [0.29, 0.717) is 5.92 Å². The van der Waals surface area contributed by atoms with Crippen molar-refractivity contribution in [1.29, 1.82) is 0 Å². The zero-order chi connectivity index (χ0) is 17.2. The maximum Gasteiger partial charge on any atom is 0.321 e. The molecule has 0 aliphatic carbocycles. The lowest BCUT2D eigenvalue weighted by Gasteiger charge is -2.33. The Bertz CT molecular complexity index is 901. The molecule has 3 aromatic rings. The van der Waals surface area contributed by atoms with Gasteiger partial charge in [-0.15, -0.1) is 0 Å². The minimum atomic E-state index is -0.0422. The van der Waals surface area contributed by atoms with E-state index < -0.39 is 0 Å². The molecule has 1 aromatic heterocycles. The number of carbonyl (C=O) groups is 1. The summed E-state index contributed by atoms with van der Waals surface area (Å²) in [6, 6.07) is 14.4. The SMILES string of the molecule is Cc1cccc([C@@H]2CCCN(C(=O)Nc3cccc4cn[nH]c34)C2)c1. The highest BCUT2D eigenvalue weighted by Gasteiger charge is 2.25. The fraction of sp³-hybridized carbons (Fsp3) is 0.300. The number of hydrogen-bond acceptors (Lipinski definition) is 2. The Hall–Kier alpha value is -2.82. The van der Waals surface area contributed by atoms with Crippen LogP contribution in [0.15, 0.2) is 48.7 Å². The van der Waals surface area contributed by atoms with Crippen LogP contribution in [-0.4, -0.2) is 34.2 Å². The Morgan fingerprint density at radius 3 is 3.04 bits per heavy atom. The number of fused-ring (bicyclic) bond motifs is 1. The number of anilines is 1. The van der Waals surface area contributed by atoms with Gasteiger partial charge in [0.05, 0.1) is 17.4 Å². The first-order valence-electron chi connectivity index (χ1n) is 8.75. The summed E-state index contributed by atoms with van der Waals surface area (Å²) in [4.78, 5) is 14.7. The number of nitrogens with zero attached hydrogens (tertiary/aromatic N) is 2. The van der Waals surface area contributed by atoms with E-state index in [1.54, 1.807) is 6.20 Å². The van der Waals surface area contributed by atoms with Crippen LogP contribution in [0.5, 0.6) is 0 Å². The second kappa shape index (κ2) is 6.59. The number of carbonyl (C=O) groups excluding carboxylic acids is 1. The molecule has 0 unspecified atom stereocenters. The molecule has 5 nitrogen and oxygen atoms in total. The van der Waals surface area contributed by atoms with Crippen molar-refractivity contribution < 1.29 is 4.79 Å². The van der Waals surface area contributed by atoms with Crippen molar-refractivity contribution >= 4 is 22.6 Å². The highest BCUT2D eigenvalue weighted by molar-refractivity contribution is 5.99. The van der Waals surface area contributed by atoms with Crippen LogP contribution < -0.4 is 5.32 Å². The predicted molar refractivity (Wildman–Crippen MR) is 99.8 cm³/mol. The Morgan fingerprint density at radius 1 is 1.28 bits per heavy atom. The van der Waals surface area contributed by atoms with Gasteiger partial charge in [0, 0.05) is 24.4 Å². The third kappa shape index (κ3) is 3.22. The fourth-order valence-electron chi connectivity index (χ4n) is 3.63. The molecule has 1 saturated heterocycles. The third-order valence-corrected chi connectivity index (χ3v) is 4.94. The van der Waals surface area contributed by atoms with E-state index in [1.165, 1.54) is 11.1 Å². The minimum absolute atomic E-state index is 0.0422. The van der Waals surface area contributed by atoms with E-state index >= 15 is 0 Å². The van der Waals surface area contributed by atoms with Gasteiger partial charge in [-0.1, -0.05) is 42.0 Å². The van der Waals surface area contributed by atoms with Gasteiger partial charge in [-0.2, -0.15) is 5.10 Å². The van der Waals surface area contributed by atoms with Crippen LogP contribution >= 0.6 is 0 Å². The van der Waals surface area contributed by atoms with Crippen LogP contribution in [0.3, 0.4) is 0 Å². The summed E-state index contributed by atoms with van der Waals surface area (Å²) in [6.45, 7) is 3.67. The molecule has 0 radical (unpaired) electrons. The van der Waals surface area contributed by atoms with Crippen molar-refractivity contribution in [3.63, 3.8) is 0 Å². The predicted octanol–water partition coefficient (Wildman–Crippen LogP) is 4.28. The number of likely N-dealkylation sites (tertiary alicyclic amines) is 1. The number of benzene rings is 2. The number of nitrogens with one attached hydrogen (secondary N) is 2. The summed E-state index contributed by atoms with van der Waals surface area (Å²) < 4.78 is 0. The first kappa shape index (κ1) is 15.7. The summed E-state index contributed by atoms with van der Waals surface area (Å²) >= 11 is 0. The van der Waals surface area contributed by atoms with Crippen molar-refractivity contribution in [2.75, 3.05) is 18.4 Å². The van der Waals surface area contributed by atoms with Crippen molar-refractivity contribution in [2.45, 2.75) is 25.7 Å². The van der Waals surface area contributed by atoms with Crippen molar-refractivity contribution in [1.82, 2.24) is 15.1 Å².